The molecule has 0 aliphatic heterocycles. The third-order valence-corrected chi connectivity index (χ3v) is 7.30. The van der Waals surface area contributed by atoms with Crippen LogP contribution in [0.15, 0.2) is 48.5 Å². The van der Waals surface area contributed by atoms with E-state index in [1.807, 2.05) is 43.3 Å². The lowest BCUT2D eigenvalue weighted by atomic mass is 9.94. The number of carbonyl (C=O) groups excluding carboxylic acids is 1. The van der Waals surface area contributed by atoms with Crippen LogP contribution in [0.4, 0.5) is 0 Å². The van der Waals surface area contributed by atoms with Gasteiger partial charge < -0.3 is 15.4 Å². The summed E-state index contributed by atoms with van der Waals surface area (Å²) in [6.45, 7) is 5.85. The molecular formula is C26H37N3O4S. The molecule has 0 aromatic heterocycles. The van der Waals surface area contributed by atoms with Crippen LogP contribution in [0, 0.1) is 5.92 Å². The summed E-state index contributed by atoms with van der Waals surface area (Å²) in [5, 5.41) is 11.2. The molecular weight excluding hydrogens is 450 g/mol. The Morgan fingerprint density at radius 1 is 1.15 bits per heavy atom. The molecule has 0 radical (unpaired) electrons. The van der Waals surface area contributed by atoms with E-state index < -0.39 is 10.0 Å². The monoisotopic (exact) mass is 487 g/mol. The highest BCUT2D eigenvalue weighted by Gasteiger charge is 2.25. The zero-order chi connectivity index (χ0) is 24.6. The van der Waals surface area contributed by atoms with Crippen LogP contribution in [0.1, 0.15) is 73.0 Å². The van der Waals surface area contributed by atoms with Gasteiger partial charge >= 0.3 is 0 Å². The fourth-order valence-electron chi connectivity index (χ4n) is 4.62. The smallest absolute Gasteiger partial charge is 0.251 e. The zero-order valence-electron chi connectivity index (χ0n) is 20.1. The highest BCUT2D eigenvalue weighted by Crippen LogP contribution is 2.39. The molecule has 1 aliphatic carbocycles. The van der Waals surface area contributed by atoms with Crippen molar-refractivity contribution < 1.29 is 17.9 Å². The normalized spacial score (nSPS) is 19.0. The minimum Gasteiger partial charge on any atom is -0.494 e. The number of ether oxygens (including phenoxy) is 1. The van der Waals surface area contributed by atoms with Gasteiger partial charge in [-0.25, -0.2) is 13.6 Å². The molecule has 1 amide bonds. The highest BCUT2D eigenvalue weighted by atomic mass is 32.2. The van der Waals surface area contributed by atoms with Crippen LogP contribution < -0.4 is 20.5 Å². The number of sulfonamides is 1. The van der Waals surface area contributed by atoms with Gasteiger partial charge in [0.1, 0.15) is 5.75 Å². The molecule has 4 N–H and O–H groups in total. The van der Waals surface area contributed by atoms with Crippen LogP contribution in [0.3, 0.4) is 0 Å². The van der Waals surface area contributed by atoms with Gasteiger partial charge in [0.15, 0.2) is 0 Å². The fourth-order valence-corrected chi connectivity index (χ4v) is 5.00. The van der Waals surface area contributed by atoms with Gasteiger partial charge in [0, 0.05) is 18.2 Å². The van der Waals surface area contributed by atoms with Crippen LogP contribution in [0.2, 0.25) is 0 Å². The van der Waals surface area contributed by atoms with Crippen molar-refractivity contribution in [2.75, 3.05) is 25.4 Å². The van der Waals surface area contributed by atoms with Gasteiger partial charge in [-0.15, -0.1) is 0 Å². The number of rotatable bonds is 12. The summed E-state index contributed by atoms with van der Waals surface area (Å²) < 4.78 is 27.6. The summed E-state index contributed by atoms with van der Waals surface area (Å²) in [7, 11) is -3.58. The molecule has 7 nitrogen and oxygen atoms in total. The molecule has 0 spiro atoms. The first-order valence-electron chi connectivity index (χ1n) is 12.1. The first kappa shape index (κ1) is 26.2. The summed E-state index contributed by atoms with van der Waals surface area (Å²) in [5.41, 5.74) is 3.03. The number of nitrogens with two attached hydrogens (primary N) is 1. The second-order valence-corrected chi connectivity index (χ2v) is 10.8. The standard InChI is InChI=1S/C26H37N3O4S/c1-3-33-25-6-4-5-23(18-25)19(2)28-14-13-20-7-8-24(17-20)21-9-11-22(12-10-21)26(30)29-15-16-34(27,31)32/h4-6,9-12,18-20,24,28H,3,7-8,13-17H2,1-2H3,(H,29,30)(H2,27,31,32). The number of hydrogen-bond acceptors (Lipinski definition) is 5. The van der Waals surface area contributed by atoms with Crippen molar-refractivity contribution >= 4 is 15.9 Å². The molecule has 2 aromatic rings. The third kappa shape index (κ3) is 8.11. The van der Waals surface area contributed by atoms with Gasteiger partial charge in [-0.3, -0.25) is 4.79 Å². The van der Waals surface area contributed by atoms with Crippen molar-refractivity contribution in [1.82, 2.24) is 10.6 Å². The Bertz CT molecular complexity index is 1040. The number of hydrogen-bond donors (Lipinski definition) is 3. The van der Waals surface area contributed by atoms with Gasteiger partial charge in [-0.1, -0.05) is 24.3 Å². The van der Waals surface area contributed by atoms with Crippen molar-refractivity contribution in [2.45, 2.75) is 51.5 Å². The molecule has 1 fully saturated rings. The minimum absolute atomic E-state index is 0.00826. The molecule has 3 rings (SSSR count). The van der Waals surface area contributed by atoms with E-state index in [0.717, 1.165) is 31.6 Å². The molecule has 8 heteroatoms. The average molecular weight is 488 g/mol. The van der Waals surface area contributed by atoms with Crippen LogP contribution in [0.25, 0.3) is 0 Å². The van der Waals surface area contributed by atoms with Gasteiger partial charge in [0.05, 0.1) is 12.4 Å². The van der Waals surface area contributed by atoms with Crippen molar-refractivity contribution in [1.29, 1.82) is 0 Å². The van der Waals surface area contributed by atoms with Crippen LogP contribution >= 0.6 is 0 Å². The summed E-state index contributed by atoms with van der Waals surface area (Å²) in [5.74, 6) is 1.57. The number of primary sulfonamides is 1. The predicted octanol–water partition coefficient (Wildman–Crippen LogP) is 3.73. The Morgan fingerprint density at radius 3 is 2.62 bits per heavy atom. The second kappa shape index (κ2) is 12.3. The summed E-state index contributed by atoms with van der Waals surface area (Å²) in [6.07, 6.45) is 4.69. The van der Waals surface area contributed by atoms with Crippen LogP contribution in [-0.2, 0) is 10.0 Å². The van der Waals surface area contributed by atoms with E-state index >= 15 is 0 Å². The quantitative estimate of drug-likeness (QED) is 0.423. The van der Waals surface area contributed by atoms with E-state index in [1.165, 1.54) is 17.5 Å². The molecule has 3 atom stereocenters. The SMILES string of the molecule is CCOc1cccc(C(C)NCCC2CCC(c3ccc(C(=O)NCCS(N)(=O)=O)cc3)C2)c1. The summed E-state index contributed by atoms with van der Waals surface area (Å²) in [4.78, 5) is 12.2. The summed E-state index contributed by atoms with van der Waals surface area (Å²) in [6, 6.07) is 16.2. The van der Waals surface area contributed by atoms with Crippen molar-refractivity contribution in [2.24, 2.45) is 11.1 Å². The Morgan fingerprint density at radius 2 is 1.91 bits per heavy atom. The average Bonchev–Trinajstić information content (AvgIpc) is 3.27. The zero-order valence-corrected chi connectivity index (χ0v) is 20.9. The molecule has 2 aromatic carbocycles. The van der Waals surface area contributed by atoms with E-state index in [1.54, 1.807) is 0 Å². The number of carbonyl (C=O) groups is 1. The Hall–Kier alpha value is -2.42. The Kier molecular flexibility index (Phi) is 9.50. The highest BCUT2D eigenvalue weighted by molar-refractivity contribution is 7.89. The lowest BCUT2D eigenvalue weighted by Crippen LogP contribution is -2.31. The van der Waals surface area contributed by atoms with Gasteiger partial charge in [0.2, 0.25) is 10.0 Å². The molecule has 0 bridgehead atoms. The maximum Gasteiger partial charge on any atom is 0.251 e. The molecule has 0 saturated heterocycles. The van der Waals surface area contributed by atoms with E-state index in [0.29, 0.717) is 24.0 Å². The molecule has 34 heavy (non-hydrogen) atoms. The van der Waals surface area contributed by atoms with Crippen molar-refractivity contribution in [3.8, 4) is 5.75 Å². The minimum atomic E-state index is -3.58. The van der Waals surface area contributed by atoms with Gasteiger partial charge in [-0.05, 0) is 93.3 Å². The van der Waals surface area contributed by atoms with Gasteiger partial charge in [-0.2, -0.15) is 0 Å². The maximum absolute atomic E-state index is 12.2. The summed E-state index contributed by atoms with van der Waals surface area (Å²) >= 11 is 0. The molecule has 186 valence electrons. The first-order chi connectivity index (χ1) is 16.2. The van der Waals surface area contributed by atoms with Crippen molar-refractivity contribution in [3.05, 3.63) is 65.2 Å². The predicted molar refractivity (Wildman–Crippen MR) is 135 cm³/mol. The van der Waals surface area contributed by atoms with Crippen LogP contribution in [0.5, 0.6) is 5.75 Å². The number of amides is 1. The Balaban J connectivity index is 1.42. The largest absolute Gasteiger partial charge is 0.494 e. The van der Waals surface area contributed by atoms with E-state index in [4.69, 9.17) is 9.88 Å². The fraction of sp³-hybridized carbons (Fsp3) is 0.500. The van der Waals surface area contributed by atoms with E-state index in [2.05, 4.69) is 29.7 Å². The number of nitrogens with one attached hydrogen (secondary N) is 2. The molecule has 1 saturated carbocycles. The number of benzene rings is 2. The second-order valence-electron chi connectivity index (χ2n) is 9.09. The maximum atomic E-state index is 12.2. The molecule has 1 aliphatic rings. The van der Waals surface area contributed by atoms with Crippen molar-refractivity contribution in [3.63, 3.8) is 0 Å². The van der Waals surface area contributed by atoms with Gasteiger partial charge in [0.25, 0.3) is 5.91 Å². The lowest BCUT2D eigenvalue weighted by Gasteiger charge is -2.17. The first-order valence-corrected chi connectivity index (χ1v) is 13.8. The lowest BCUT2D eigenvalue weighted by molar-refractivity contribution is 0.0956. The third-order valence-electron chi connectivity index (χ3n) is 6.53. The van der Waals surface area contributed by atoms with E-state index in [9.17, 15) is 13.2 Å². The molecule has 0 heterocycles. The Labute approximate surface area is 203 Å². The van der Waals surface area contributed by atoms with Crippen LogP contribution in [-0.4, -0.2) is 39.8 Å². The topological polar surface area (TPSA) is 111 Å². The van der Waals surface area contributed by atoms with E-state index in [-0.39, 0.29) is 24.2 Å². The molecule has 3 unspecified atom stereocenters.